The maximum atomic E-state index is 2.35. The van der Waals surface area contributed by atoms with E-state index in [0.717, 1.165) is 0 Å². The third kappa shape index (κ3) is 4.73. The predicted molar refractivity (Wildman–Crippen MR) is 242 cm³/mol. The van der Waals surface area contributed by atoms with Gasteiger partial charge in [-0.2, -0.15) is 0 Å². The fourth-order valence-corrected chi connectivity index (χ4v) is 9.45. The molecular formula is C56H34. The molecule has 0 saturated carbocycles. The Morgan fingerprint density at radius 1 is 0.179 bits per heavy atom. The van der Waals surface area contributed by atoms with Crippen molar-refractivity contribution in [3.05, 3.63) is 206 Å². The van der Waals surface area contributed by atoms with Gasteiger partial charge < -0.3 is 0 Å². The van der Waals surface area contributed by atoms with Gasteiger partial charge in [-0.1, -0.05) is 194 Å². The second-order valence-corrected chi connectivity index (χ2v) is 15.2. The molecule has 0 heteroatoms. The molecule has 0 unspecified atom stereocenters. The van der Waals surface area contributed by atoms with Gasteiger partial charge in [0, 0.05) is 0 Å². The summed E-state index contributed by atoms with van der Waals surface area (Å²) in [5, 5.41) is 18.1. The first-order valence-corrected chi connectivity index (χ1v) is 19.5. The van der Waals surface area contributed by atoms with Crippen LogP contribution in [0.3, 0.4) is 0 Å². The van der Waals surface area contributed by atoms with Crippen molar-refractivity contribution in [2.24, 2.45) is 0 Å². The van der Waals surface area contributed by atoms with E-state index in [9.17, 15) is 0 Å². The molecule has 0 amide bonds. The van der Waals surface area contributed by atoms with Gasteiger partial charge in [-0.05, 0) is 132 Å². The van der Waals surface area contributed by atoms with Gasteiger partial charge in [0.2, 0.25) is 0 Å². The van der Waals surface area contributed by atoms with Gasteiger partial charge in [-0.15, -0.1) is 0 Å². The zero-order valence-electron chi connectivity index (χ0n) is 30.6. The van der Waals surface area contributed by atoms with Crippen molar-refractivity contribution in [2.45, 2.75) is 0 Å². The Labute approximate surface area is 324 Å². The van der Waals surface area contributed by atoms with Crippen LogP contribution in [-0.4, -0.2) is 0 Å². The van der Waals surface area contributed by atoms with E-state index in [1.54, 1.807) is 0 Å². The van der Waals surface area contributed by atoms with Crippen LogP contribution in [0.15, 0.2) is 206 Å². The quantitative estimate of drug-likeness (QED) is 0.160. The SMILES string of the molecule is c1ccc2c(c1)ccc1ccc(-c3ccc(-c4ccc5ccc6c(-c7ccc(-c8cc9ccccc9c9ccccc89)cc7)ccc7ccc4c5c76)cc3)cc12. The largest absolute Gasteiger partial charge is 0.0616 e. The number of fused-ring (bicyclic) bond motifs is 6. The van der Waals surface area contributed by atoms with Crippen LogP contribution in [0.5, 0.6) is 0 Å². The lowest BCUT2D eigenvalue weighted by Gasteiger charge is -2.17. The van der Waals surface area contributed by atoms with Crippen LogP contribution >= 0.6 is 0 Å². The number of rotatable bonds is 4. The third-order valence-electron chi connectivity index (χ3n) is 12.2. The van der Waals surface area contributed by atoms with Gasteiger partial charge in [0.25, 0.3) is 0 Å². The summed E-state index contributed by atoms with van der Waals surface area (Å²) in [5.41, 5.74) is 9.96. The molecule has 0 spiro atoms. The number of hydrogen-bond donors (Lipinski definition) is 0. The maximum absolute atomic E-state index is 2.35. The molecule has 0 aliphatic rings. The van der Waals surface area contributed by atoms with Crippen molar-refractivity contribution in [2.75, 3.05) is 0 Å². The van der Waals surface area contributed by atoms with Gasteiger partial charge >= 0.3 is 0 Å². The monoisotopic (exact) mass is 706 g/mol. The lowest BCUT2D eigenvalue weighted by Crippen LogP contribution is -1.90. The zero-order chi connectivity index (χ0) is 36.7. The van der Waals surface area contributed by atoms with E-state index in [1.165, 1.54) is 120 Å². The highest BCUT2D eigenvalue weighted by molar-refractivity contribution is 6.27. The van der Waals surface area contributed by atoms with Crippen LogP contribution in [0.4, 0.5) is 0 Å². The topological polar surface area (TPSA) is 0 Å². The minimum Gasteiger partial charge on any atom is -0.0616 e. The summed E-state index contributed by atoms with van der Waals surface area (Å²) >= 11 is 0. The van der Waals surface area contributed by atoms with Gasteiger partial charge in [-0.3, -0.25) is 0 Å². The van der Waals surface area contributed by atoms with Crippen LogP contribution in [0.1, 0.15) is 0 Å². The minimum absolute atomic E-state index is 1.23. The van der Waals surface area contributed by atoms with Crippen molar-refractivity contribution in [3.8, 4) is 44.5 Å². The molecule has 0 nitrogen and oxygen atoms in total. The Hall–Kier alpha value is -7.28. The average molecular weight is 707 g/mol. The average Bonchev–Trinajstić information content (AvgIpc) is 3.28. The summed E-state index contributed by atoms with van der Waals surface area (Å²) in [5.74, 6) is 0. The molecule has 0 atom stereocenters. The summed E-state index contributed by atoms with van der Waals surface area (Å²) in [6.07, 6.45) is 0. The molecule has 0 radical (unpaired) electrons. The fraction of sp³-hybridized carbons (Fsp3) is 0. The molecule has 0 aromatic heterocycles. The summed E-state index contributed by atoms with van der Waals surface area (Å²) < 4.78 is 0. The fourth-order valence-electron chi connectivity index (χ4n) is 9.45. The van der Waals surface area contributed by atoms with E-state index in [4.69, 9.17) is 0 Å². The first kappa shape index (κ1) is 31.1. The molecule has 0 aliphatic heterocycles. The third-order valence-corrected chi connectivity index (χ3v) is 12.2. The Kier molecular flexibility index (Phi) is 6.73. The van der Waals surface area contributed by atoms with Crippen LogP contribution in [0.25, 0.3) is 120 Å². The second-order valence-electron chi connectivity index (χ2n) is 15.2. The van der Waals surface area contributed by atoms with Gasteiger partial charge in [0.15, 0.2) is 0 Å². The van der Waals surface area contributed by atoms with E-state index in [-0.39, 0.29) is 0 Å². The molecule has 0 heterocycles. The maximum Gasteiger partial charge on any atom is -0.00203 e. The standard InChI is InChI=1S/C56H34/c1-3-9-45-36(7-1)17-20-39-23-24-43(33-53(39)45)35-13-15-37(16-14-35)47-29-25-41-28-32-52-48(30-26-42-27-31-51(47)55(41)56(42)52)38-18-21-40(22-19-38)54-34-44-8-2-4-10-46(44)49-11-5-6-12-50(49)54/h1-34H. The van der Waals surface area contributed by atoms with Crippen LogP contribution < -0.4 is 0 Å². The predicted octanol–water partition coefficient (Wildman–Crippen LogP) is 15.9. The molecule has 56 heavy (non-hydrogen) atoms. The molecule has 258 valence electrons. The van der Waals surface area contributed by atoms with Crippen LogP contribution in [0.2, 0.25) is 0 Å². The molecule has 12 aromatic carbocycles. The summed E-state index contributed by atoms with van der Waals surface area (Å²) in [6.45, 7) is 0. The molecule has 0 saturated heterocycles. The zero-order valence-corrected chi connectivity index (χ0v) is 30.6. The Morgan fingerprint density at radius 2 is 0.589 bits per heavy atom. The van der Waals surface area contributed by atoms with E-state index < -0.39 is 0 Å². The van der Waals surface area contributed by atoms with E-state index in [2.05, 4.69) is 206 Å². The lowest BCUT2D eigenvalue weighted by atomic mass is 9.86. The summed E-state index contributed by atoms with van der Waals surface area (Å²) in [7, 11) is 0. The first-order valence-electron chi connectivity index (χ1n) is 19.5. The van der Waals surface area contributed by atoms with Crippen LogP contribution in [0, 0.1) is 0 Å². The van der Waals surface area contributed by atoms with Crippen molar-refractivity contribution in [1.82, 2.24) is 0 Å². The first-order chi connectivity index (χ1) is 27.7. The molecule has 12 rings (SSSR count). The highest BCUT2D eigenvalue weighted by Gasteiger charge is 2.16. The van der Waals surface area contributed by atoms with E-state index in [0.29, 0.717) is 0 Å². The second kappa shape index (κ2) is 12.1. The Morgan fingerprint density at radius 3 is 1.21 bits per heavy atom. The molecule has 0 N–H and O–H groups in total. The molecule has 0 fully saturated rings. The highest BCUT2D eigenvalue weighted by atomic mass is 14.2. The minimum atomic E-state index is 1.23. The van der Waals surface area contributed by atoms with Gasteiger partial charge in [0.05, 0.1) is 0 Å². The van der Waals surface area contributed by atoms with Gasteiger partial charge in [0.1, 0.15) is 0 Å². The highest BCUT2D eigenvalue weighted by Crippen LogP contribution is 2.43. The summed E-state index contributed by atoms with van der Waals surface area (Å²) in [6, 6.07) is 76.6. The number of benzene rings is 12. The van der Waals surface area contributed by atoms with Crippen molar-refractivity contribution < 1.29 is 0 Å². The van der Waals surface area contributed by atoms with Crippen molar-refractivity contribution >= 4 is 75.4 Å². The molecule has 0 aliphatic carbocycles. The normalized spacial score (nSPS) is 11.9. The van der Waals surface area contributed by atoms with Crippen LogP contribution in [-0.2, 0) is 0 Å². The van der Waals surface area contributed by atoms with E-state index in [1.807, 2.05) is 0 Å². The van der Waals surface area contributed by atoms with Crippen molar-refractivity contribution in [1.29, 1.82) is 0 Å². The van der Waals surface area contributed by atoms with Gasteiger partial charge in [-0.25, -0.2) is 0 Å². The Balaban J connectivity index is 0.940. The smallest absolute Gasteiger partial charge is 0.00203 e. The lowest BCUT2D eigenvalue weighted by molar-refractivity contribution is 1.62. The molecule has 0 bridgehead atoms. The Bertz CT molecular complexity index is 3500. The van der Waals surface area contributed by atoms with Crippen molar-refractivity contribution in [3.63, 3.8) is 0 Å². The summed E-state index contributed by atoms with van der Waals surface area (Å²) in [4.78, 5) is 0. The van der Waals surface area contributed by atoms with E-state index >= 15 is 0 Å². The number of hydrogen-bond acceptors (Lipinski definition) is 0. The molecule has 12 aromatic rings. The molecular weight excluding hydrogens is 673 g/mol.